The molecule has 5 heteroatoms. The number of likely N-dealkylation sites (N-methyl/N-ethyl adjacent to an activating group) is 2. The highest BCUT2D eigenvalue weighted by Crippen LogP contribution is 2.26. The highest BCUT2D eigenvalue weighted by Gasteiger charge is 2.26. The van der Waals surface area contributed by atoms with E-state index in [-0.39, 0.29) is 0 Å². The van der Waals surface area contributed by atoms with Crippen molar-refractivity contribution in [1.82, 2.24) is 20.0 Å². The van der Waals surface area contributed by atoms with Crippen LogP contribution in [0.2, 0.25) is 0 Å². The maximum atomic E-state index is 4.65. The van der Waals surface area contributed by atoms with E-state index in [1.54, 1.807) is 0 Å². The van der Waals surface area contributed by atoms with E-state index in [1.165, 1.54) is 43.6 Å². The van der Waals surface area contributed by atoms with Crippen LogP contribution in [0.5, 0.6) is 0 Å². The van der Waals surface area contributed by atoms with Crippen molar-refractivity contribution < 1.29 is 0 Å². The van der Waals surface area contributed by atoms with Gasteiger partial charge in [0.05, 0.1) is 5.69 Å². The van der Waals surface area contributed by atoms with Gasteiger partial charge in [0.1, 0.15) is 5.82 Å². The van der Waals surface area contributed by atoms with Gasteiger partial charge in [-0.05, 0) is 46.2 Å². The lowest BCUT2D eigenvalue weighted by molar-refractivity contribution is 0.313. The summed E-state index contributed by atoms with van der Waals surface area (Å²) in [6.07, 6.45) is 5.30. The summed E-state index contributed by atoms with van der Waals surface area (Å²) in [6.45, 7) is 5.40. The molecule has 1 aromatic rings. The average molecular weight is 291 g/mol. The van der Waals surface area contributed by atoms with Gasteiger partial charge in [-0.1, -0.05) is 0 Å². The number of likely N-dealkylation sites (tertiary alicyclic amines) is 1. The van der Waals surface area contributed by atoms with Crippen LogP contribution in [0.1, 0.15) is 36.9 Å². The summed E-state index contributed by atoms with van der Waals surface area (Å²) in [5.41, 5.74) is 2.53. The first-order valence-corrected chi connectivity index (χ1v) is 8.23. The van der Waals surface area contributed by atoms with E-state index in [4.69, 9.17) is 0 Å². The normalized spacial score (nSPS) is 23.0. The number of nitrogens with zero attached hydrogens (tertiary/aromatic N) is 4. The van der Waals surface area contributed by atoms with Gasteiger partial charge in [0.15, 0.2) is 0 Å². The van der Waals surface area contributed by atoms with Crippen molar-refractivity contribution >= 4 is 5.82 Å². The molecule has 2 fully saturated rings. The highest BCUT2D eigenvalue weighted by atomic mass is 15.4. The third-order valence-corrected chi connectivity index (χ3v) is 4.98. The van der Waals surface area contributed by atoms with Crippen molar-refractivity contribution in [2.45, 2.75) is 51.2 Å². The zero-order valence-electron chi connectivity index (χ0n) is 13.9. The van der Waals surface area contributed by atoms with Crippen LogP contribution >= 0.6 is 0 Å². The standard InChI is InChI=1S/C16H29N5/c1-12-15(10-17-13-7-8-13)16(21(4)18-12)20(3)11-14-6-5-9-19(14)2/h13-14,17H,5-11H2,1-4H3. The number of hydrogen-bond acceptors (Lipinski definition) is 4. The second-order valence-corrected chi connectivity index (χ2v) is 6.82. The molecule has 1 N–H and O–H groups in total. The van der Waals surface area contributed by atoms with E-state index in [2.05, 4.69) is 48.3 Å². The molecular formula is C16H29N5. The molecule has 0 spiro atoms. The fourth-order valence-electron chi connectivity index (χ4n) is 3.52. The zero-order chi connectivity index (χ0) is 15.0. The van der Waals surface area contributed by atoms with Gasteiger partial charge in [0.25, 0.3) is 0 Å². The quantitative estimate of drug-likeness (QED) is 0.862. The van der Waals surface area contributed by atoms with Gasteiger partial charge in [-0.15, -0.1) is 0 Å². The molecule has 0 amide bonds. The number of rotatable bonds is 6. The van der Waals surface area contributed by atoms with Crippen molar-refractivity contribution in [2.75, 3.05) is 32.1 Å². The summed E-state index contributed by atoms with van der Waals surface area (Å²) in [5, 5.41) is 8.28. The van der Waals surface area contributed by atoms with Gasteiger partial charge in [-0.25, -0.2) is 0 Å². The minimum absolute atomic E-state index is 0.675. The molecule has 2 heterocycles. The highest BCUT2D eigenvalue weighted by molar-refractivity contribution is 5.49. The number of hydrogen-bond donors (Lipinski definition) is 1. The SMILES string of the molecule is Cc1nn(C)c(N(C)CC2CCCN2C)c1CNC1CC1. The Kier molecular flexibility index (Phi) is 4.22. The van der Waals surface area contributed by atoms with Crippen LogP contribution in [0.15, 0.2) is 0 Å². The molecule has 1 saturated carbocycles. The Morgan fingerprint density at radius 2 is 2.05 bits per heavy atom. The first kappa shape index (κ1) is 14.9. The van der Waals surface area contributed by atoms with Crippen molar-refractivity contribution in [3.63, 3.8) is 0 Å². The molecule has 1 atom stereocenters. The summed E-state index contributed by atoms with van der Waals surface area (Å²) in [5.74, 6) is 1.28. The molecule has 1 aliphatic carbocycles. The van der Waals surface area contributed by atoms with E-state index >= 15 is 0 Å². The molecular weight excluding hydrogens is 262 g/mol. The van der Waals surface area contributed by atoms with Crippen LogP contribution in [-0.2, 0) is 13.6 Å². The first-order chi connectivity index (χ1) is 10.1. The predicted octanol–water partition coefficient (Wildman–Crippen LogP) is 1.51. The minimum atomic E-state index is 0.675. The molecule has 1 aliphatic heterocycles. The number of anilines is 1. The second-order valence-electron chi connectivity index (χ2n) is 6.82. The van der Waals surface area contributed by atoms with Gasteiger partial charge in [-0.2, -0.15) is 5.10 Å². The van der Waals surface area contributed by atoms with E-state index < -0.39 is 0 Å². The van der Waals surface area contributed by atoms with E-state index in [0.717, 1.165) is 24.8 Å². The minimum Gasteiger partial charge on any atom is -0.358 e. The molecule has 0 aromatic carbocycles. The van der Waals surface area contributed by atoms with Crippen molar-refractivity contribution in [1.29, 1.82) is 0 Å². The molecule has 0 radical (unpaired) electrons. The topological polar surface area (TPSA) is 36.3 Å². The van der Waals surface area contributed by atoms with E-state index in [1.807, 2.05) is 4.68 Å². The van der Waals surface area contributed by atoms with Crippen LogP contribution in [0.3, 0.4) is 0 Å². The van der Waals surface area contributed by atoms with Crippen LogP contribution < -0.4 is 10.2 Å². The molecule has 2 aliphatic rings. The Hall–Kier alpha value is -1.07. The van der Waals surface area contributed by atoms with E-state index in [9.17, 15) is 0 Å². The molecule has 21 heavy (non-hydrogen) atoms. The Balaban J connectivity index is 1.72. The van der Waals surface area contributed by atoms with Gasteiger partial charge in [-0.3, -0.25) is 4.68 Å². The van der Waals surface area contributed by atoms with Crippen molar-refractivity contribution in [2.24, 2.45) is 7.05 Å². The zero-order valence-corrected chi connectivity index (χ0v) is 13.9. The fraction of sp³-hybridized carbons (Fsp3) is 0.812. The van der Waals surface area contributed by atoms with Crippen molar-refractivity contribution in [3.05, 3.63) is 11.3 Å². The van der Waals surface area contributed by atoms with Gasteiger partial charge < -0.3 is 15.1 Å². The Bertz CT molecular complexity index is 491. The summed E-state index contributed by atoms with van der Waals surface area (Å²) >= 11 is 0. The third-order valence-electron chi connectivity index (χ3n) is 4.98. The van der Waals surface area contributed by atoms with Gasteiger partial charge >= 0.3 is 0 Å². The van der Waals surface area contributed by atoms with E-state index in [0.29, 0.717) is 6.04 Å². The maximum absolute atomic E-state index is 4.65. The number of nitrogens with one attached hydrogen (secondary N) is 1. The van der Waals surface area contributed by atoms with Gasteiger partial charge in [0, 0.05) is 44.8 Å². The average Bonchev–Trinajstić information content (AvgIpc) is 3.11. The fourth-order valence-corrected chi connectivity index (χ4v) is 3.52. The number of aromatic nitrogens is 2. The van der Waals surface area contributed by atoms with Crippen molar-refractivity contribution in [3.8, 4) is 0 Å². The lowest BCUT2D eigenvalue weighted by Crippen LogP contribution is -2.37. The third kappa shape index (κ3) is 3.24. The van der Waals surface area contributed by atoms with Crippen LogP contribution in [-0.4, -0.2) is 53.9 Å². The molecule has 0 bridgehead atoms. The summed E-state index contributed by atoms with van der Waals surface area (Å²) in [6, 6.07) is 1.41. The second kappa shape index (κ2) is 5.97. The Labute approximate surface area is 128 Å². The number of aryl methyl sites for hydroxylation is 2. The molecule has 1 saturated heterocycles. The summed E-state index contributed by atoms with van der Waals surface area (Å²) in [7, 11) is 6.52. The summed E-state index contributed by atoms with van der Waals surface area (Å²) in [4.78, 5) is 4.89. The van der Waals surface area contributed by atoms with Crippen LogP contribution in [0, 0.1) is 6.92 Å². The van der Waals surface area contributed by atoms with Crippen LogP contribution in [0.25, 0.3) is 0 Å². The molecule has 118 valence electrons. The predicted molar refractivity (Wildman–Crippen MR) is 86.7 cm³/mol. The van der Waals surface area contributed by atoms with Crippen LogP contribution in [0.4, 0.5) is 5.82 Å². The summed E-state index contributed by atoms with van der Waals surface area (Å²) < 4.78 is 2.05. The first-order valence-electron chi connectivity index (χ1n) is 8.23. The Morgan fingerprint density at radius 1 is 1.29 bits per heavy atom. The lowest BCUT2D eigenvalue weighted by atomic mass is 10.2. The molecule has 1 unspecified atom stereocenters. The Morgan fingerprint density at radius 3 is 2.67 bits per heavy atom. The molecule has 3 rings (SSSR count). The molecule has 1 aromatic heterocycles. The lowest BCUT2D eigenvalue weighted by Gasteiger charge is -2.28. The monoisotopic (exact) mass is 291 g/mol. The molecule has 5 nitrogen and oxygen atoms in total. The van der Waals surface area contributed by atoms with Gasteiger partial charge in [0.2, 0.25) is 0 Å². The maximum Gasteiger partial charge on any atom is 0.131 e. The largest absolute Gasteiger partial charge is 0.358 e. The smallest absolute Gasteiger partial charge is 0.131 e.